The van der Waals surface area contributed by atoms with E-state index in [0.717, 1.165) is 33.1 Å². The molecule has 0 aromatic carbocycles. The Hall–Kier alpha value is -1.62. The van der Waals surface area contributed by atoms with E-state index in [-0.39, 0.29) is 0 Å². The van der Waals surface area contributed by atoms with E-state index in [1.807, 2.05) is 30.5 Å². The first kappa shape index (κ1) is 11.9. The maximum absolute atomic E-state index is 10.6. The van der Waals surface area contributed by atoms with E-state index in [0.29, 0.717) is 0 Å². The van der Waals surface area contributed by atoms with Crippen molar-refractivity contribution in [1.29, 1.82) is 0 Å². The summed E-state index contributed by atoms with van der Waals surface area (Å²) in [5.74, 6) is -0.967. The predicted octanol–water partition coefficient (Wildman–Crippen LogP) is 2.81. The highest BCUT2D eigenvalue weighted by Gasteiger charge is 2.09. The molecule has 0 radical (unpaired) electrons. The van der Waals surface area contributed by atoms with Crippen LogP contribution in [0.15, 0.2) is 22.8 Å². The number of carbonyl (C=O) groups is 1. The van der Waals surface area contributed by atoms with Gasteiger partial charge in [0.15, 0.2) is 5.65 Å². The molecule has 2 aromatic heterocycles. The van der Waals surface area contributed by atoms with Gasteiger partial charge in [0.25, 0.3) is 0 Å². The molecule has 0 spiro atoms. The van der Waals surface area contributed by atoms with Crippen molar-refractivity contribution in [2.45, 2.75) is 13.8 Å². The first-order valence-electron chi connectivity index (χ1n) is 5.05. The van der Waals surface area contributed by atoms with Crippen molar-refractivity contribution in [1.82, 2.24) is 9.38 Å². The number of carboxylic acids is 1. The van der Waals surface area contributed by atoms with Crippen molar-refractivity contribution in [3.63, 3.8) is 0 Å². The summed E-state index contributed by atoms with van der Waals surface area (Å²) in [5.41, 5.74) is 3.45. The third-order valence-electron chi connectivity index (χ3n) is 2.42. The molecule has 0 atom stereocenters. The zero-order valence-electron chi connectivity index (χ0n) is 9.44. The molecule has 4 nitrogen and oxygen atoms in total. The van der Waals surface area contributed by atoms with Crippen LogP contribution in [-0.2, 0) is 4.79 Å². The molecule has 0 unspecified atom stereocenters. The summed E-state index contributed by atoms with van der Waals surface area (Å²) in [7, 11) is 0. The number of aryl methyl sites for hydroxylation is 2. The molecule has 2 heterocycles. The number of pyridine rings is 1. The SMILES string of the molecule is Cc1cc(Br)c2nc(C)c(/C=C/C(=O)O)n2c1. The maximum Gasteiger partial charge on any atom is 0.328 e. The van der Waals surface area contributed by atoms with E-state index < -0.39 is 5.97 Å². The van der Waals surface area contributed by atoms with Crippen molar-refractivity contribution in [3.8, 4) is 0 Å². The first-order valence-corrected chi connectivity index (χ1v) is 5.84. The fourth-order valence-corrected chi connectivity index (χ4v) is 2.35. The Kier molecular flexibility index (Phi) is 3.02. The number of halogens is 1. The van der Waals surface area contributed by atoms with Crippen molar-refractivity contribution >= 4 is 33.6 Å². The highest BCUT2D eigenvalue weighted by atomic mass is 79.9. The van der Waals surface area contributed by atoms with Crippen molar-refractivity contribution in [3.05, 3.63) is 39.8 Å². The van der Waals surface area contributed by atoms with Gasteiger partial charge in [-0.3, -0.25) is 4.40 Å². The number of hydrogen-bond acceptors (Lipinski definition) is 2. The summed E-state index contributed by atoms with van der Waals surface area (Å²) in [6.07, 6.45) is 4.61. The lowest BCUT2D eigenvalue weighted by atomic mass is 10.3. The zero-order valence-corrected chi connectivity index (χ0v) is 11.0. The minimum atomic E-state index is -0.967. The highest BCUT2D eigenvalue weighted by Crippen LogP contribution is 2.22. The normalized spacial score (nSPS) is 11.5. The minimum Gasteiger partial charge on any atom is -0.478 e. The summed E-state index contributed by atoms with van der Waals surface area (Å²) in [5, 5.41) is 8.66. The number of nitrogens with zero attached hydrogens (tertiary/aromatic N) is 2. The summed E-state index contributed by atoms with van der Waals surface area (Å²) < 4.78 is 2.78. The van der Waals surface area contributed by atoms with Crippen LogP contribution in [0.4, 0.5) is 0 Å². The van der Waals surface area contributed by atoms with Crippen LogP contribution in [0.2, 0.25) is 0 Å². The van der Waals surface area contributed by atoms with Crippen LogP contribution in [-0.4, -0.2) is 20.5 Å². The second-order valence-electron chi connectivity index (χ2n) is 3.81. The Bertz CT molecular complexity index is 629. The molecule has 88 valence electrons. The molecular weight excluding hydrogens is 284 g/mol. The van der Waals surface area contributed by atoms with Crippen LogP contribution in [0.5, 0.6) is 0 Å². The topological polar surface area (TPSA) is 54.6 Å². The largest absolute Gasteiger partial charge is 0.478 e. The number of fused-ring (bicyclic) bond motifs is 1. The summed E-state index contributed by atoms with van der Waals surface area (Å²) in [6, 6.07) is 1.98. The number of imidazole rings is 1. The molecule has 17 heavy (non-hydrogen) atoms. The van der Waals surface area contributed by atoms with E-state index >= 15 is 0 Å². The predicted molar refractivity (Wildman–Crippen MR) is 69.0 cm³/mol. The third kappa shape index (κ3) is 2.24. The minimum absolute atomic E-state index is 0.784. The Morgan fingerprint density at radius 3 is 2.88 bits per heavy atom. The summed E-state index contributed by atoms with van der Waals surface area (Å²) in [4.78, 5) is 15.0. The van der Waals surface area contributed by atoms with Gasteiger partial charge in [-0.15, -0.1) is 0 Å². The Balaban J connectivity index is 2.70. The number of rotatable bonds is 2. The lowest BCUT2D eigenvalue weighted by Crippen LogP contribution is -1.92. The standard InChI is InChI=1S/C12H11BrN2O2/c1-7-5-9(13)12-14-8(2)10(15(12)6-7)3-4-11(16)17/h3-6H,1-2H3,(H,16,17)/b4-3+. The molecule has 0 saturated carbocycles. The van der Waals surface area contributed by atoms with Crippen molar-refractivity contribution in [2.75, 3.05) is 0 Å². The van der Waals surface area contributed by atoms with Gasteiger partial charge in [-0.25, -0.2) is 9.78 Å². The van der Waals surface area contributed by atoms with Gasteiger partial charge < -0.3 is 5.11 Å². The summed E-state index contributed by atoms with van der Waals surface area (Å²) in [6.45, 7) is 3.83. The van der Waals surface area contributed by atoms with E-state index in [2.05, 4.69) is 20.9 Å². The quantitative estimate of drug-likeness (QED) is 0.867. The third-order valence-corrected chi connectivity index (χ3v) is 3.00. The van der Waals surface area contributed by atoms with E-state index in [1.54, 1.807) is 6.08 Å². The lowest BCUT2D eigenvalue weighted by molar-refractivity contribution is -0.131. The van der Waals surface area contributed by atoms with Crippen LogP contribution in [0.3, 0.4) is 0 Å². The van der Waals surface area contributed by atoms with Gasteiger partial charge in [-0.1, -0.05) is 0 Å². The van der Waals surface area contributed by atoms with Crippen LogP contribution in [0.1, 0.15) is 17.0 Å². The Labute approximate surface area is 107 Å². The average Bonchev–Trinajstić information content (AvgIpc) is 2.52. The fourth-order valence-electron chi connectivity index (χ4n) is 1.71. The molecule has 2 rings (SSSR count). The van der Waals surface area contributed by atoms with Gasteiger partial charge in [0.2, 0.25) is 0 Å². The van der Waals surface area contributed by atoms with Crippen molar-refractivity contribution < 1.29 is 9.90 Å². The summed E-state index contributed by atoms with van der Waals surface area (Å²) >= 11 is 3.45. The van der Waals surface area contributed by atoms with Gasteiger partial charge in [-0.05, 0) is 47.5 Å². The zero-order chi connectivity index (χ0) is 12.6. The molecule has 2 aromatic rings. The number of hydrogen-bond donors (Lipinski definition) is 1. The van der Waals surface area contributed by atoms with E-state index in [1.165, 1.54) is 0 Å². The van der Waals surface area contributed by atoms with Gasteiger partial charge in [-0.2, -0.15) is 0 Å². The smallest absolute Gasteiger partial charge is 0.328 e. The van der Waals surface area contributed by atoms with Crippen LogP contribution in [0, 0.1) is 13.8 Å². The first-order chi connectivity index (χ1) is 7.99. The molecule has 0 saturated heterocycles. The van der Waals surface area contributed by atoms with Gasteiger partial charge >= 0.3 is 5.97 Å². The number of aliphatic carboxylic acids is 1. The molecular formula is C12H11BrN2O2. The number of aromatic nitrogens is 2. The highest BCUT2D eigenvalue weighted by molar-refractivity contribution is 9.10. The fraction of sp³-hybridized carbons (Fsp3) is 0.167. The molecule has 1 N–H and O–H groups in total. The van der Waals surface area contributed by atoms with E-state index in [9.17, 15) is 4.79 Å². The van der Waals surface area contributed by atoms with Crippen LogP contribution in [0.25, 0.3) is 11.7 Å². The lowest BCUT2D eigenvalue weighted by Gasteiger charge is -2.01. The molecule has 0 bridgehead atoms. The molecule has 0 aliphatic rings. The maximum atomic E-state index is 10.6. The molecule has 0 amide bonds. The van der Waals surface area contributed by atoms with Gasteiger partial charge in [0, 0.05) is 12.3 Å². The van der Waals surface area contributed by atoms with Gasteiger partial charge in [0.05, 0.1) is 15.9 Å². The molecule has 0 aliphatic heterocycles. The average molecular weight is 295 g/mol. The monoisotopic (exact) mass is 294 g/mol. The second kappa shape index (κ2) is 4.33. The van der Waals surface area contributed by atoms with Gasteiger partial charge in [0.1, 0.15) is 0 Å². The number of carboxylic acid groups (broad SMARTS) is 1. The Morgan fingerprint density at radius 1 is 1.53 bits per heavy atom. The van der Waals surface area contributed by atoms with Crippen molar-refractivity contribution in [2.24, 2.45) is 0 Å². The van der Waals surface area contributed by atoms with E-state index in [4.69, 9.17) is 5.11 Å². The van der Waals surface area contributed by atoms with Crippen LogP contribution < -0.4 is 0 Å². The van der Waals surface area contributed by atoms with Crippen LogP contribution >= 0.6 is 15.9 Å². The molecule has 0 aliphatic carbocycles. The molecule has 5 heteroatoms. The molecule has 0 fully saturated rings. The Morgan fingerprint density at radius 2 is 2.24 bits per heavy atom. The second-order valence-corrected chi connectivity index (χ2v) is 4.67.